The third kappa shape index (κ3) is 8.62. The molecular formula is C38H41N7O6. The molecule has 3 N–H and O–H groups in total. The molecule has 4 amide bonds. The fourth-order valence-corrected chi connectivity index (χ4v) is 5.61. The zero-order valence-electron chi connectivity index (χ0n) is 29.2. The molecule has 264 valence electrons. The first-order valence-electron chi connectivity index (χ1n) is 16.6. The van der Waals surface area contributed by atoms with Gasteiger partial charge in [-0.05, 0) is 76.6 Å². The Balaban J connectivity index is 1.11. The molecule has 0 radical (unpaired) electrons. The Morgan fingerprint density at radius 3 is 2.45 bits per heavy atom. The number of carbonyl (C=O) groups is 3. The number of carbonyl (C=O) groups excluding carboxylic acids is 3. The maximum Gasteiger partial charge on any atom is 0.411 e. The van der Waals surface area contributed by atoms with E-state index in [0.29, 0.717) is 29.7 Å². The van der Waals surface area contributed by atoms with Gasteiger partial charge in [-0.1, -0.05) is 42.0 Å². The topological polar surface area (TPSA) is 149 Å². The van der Waals surface area contributed by atoms with Crippen molar-refractivity contribution in [1.82, 2.24) is 19.7 Å². The molecule has 6 rings (SSSR count). The van der Waals surface area contributed by atoms with E-state index in [1.54, 1.807) is 55.9 Å². The van der Waals surface area contributed by atoms with Crippen LogP contribution in [0.15, 0.2) is 85.1 Å². The van der Waals surface area contributed by atoms with E-state index < -0.39 is 29.7 Å². The summed E-state index contributed by atoms with van der Waals surface area (Å²) in [7, 11) is 0. The molecule has 0 spiro atoms. The van der Waals surface area contributed by atoms with Gasteiger partial charge >= 0.3 is 12.1 Å². The predicted octanol–water partition coefficient (Wildman–Crippen LogP) is 6.83. The molecule has 1 fully saturated rings. The lowest BCUT2D eigenvalue weighted by atomic mass is 10.1. The lowest BCUT2D eigenvalue weighted by Gasteiger charge is -2.35. The molecule has 13 nitrogen and oxygen atoms in total. The first kappa shape index (κ1) is 34.9. The second-order valence-corrected chi connectivity index (χ2v) is 13.2. The molecule has 1 aliphatic rings. The molecule has 3 heterocycles. The van der Waals surface area contributed by atoms with Gasteiger partial charge in [-0.3, -0.25) is 15.0 Å². The number of pyridine rings is 1. The van der Waals surface area contributed by atoms with Crippen LogP contribution in [0.2, 0.25) is 0 Å². The minimum absolute atomic E-state index is 0.0469. The van der Waals surface area contributed by atoms with Crippen molar-refractivity contribution in [2.24, 2.45) is 0 Å². The number of benzene rings is 3. The molecule has 5 aromatic rings. The van der Waals surface area contributed by atoms with E-state index in [1.807, 2.05) is 68.4 Å². The van der Waals surface area contributed by atoms with E-state index in [2.05, 4.69) is 26.0 Å². The Morgan fingerprint density at radius 2 is 1.69 bits per heavy atom. The Kier molecular flexibility index (Phi) is 10.2. The highest BCUT2D eigenvalue weighted by molar-refractivity contribution is 6.07. The van der Waals surface area contributed by atoms with Crippen molar-refractivity contribution < 1.29 is 28.6 Å². The number of morpholine rings is 1. The zero-order valence-corrected chi connectivity index (χ0v) is 29.2. The summed E-state index contributed by atoms with van der Waals surface area (Å²) in [5, 5.41) is 14.8. The predicted molar refractivity (Wildman–Crippen MR) is 194 cm³/mol. The van der Waals surface area contributed by atoms with Crippen molar-refractivity contribution in [2.75, 3.05) is 35.7 Å². The number of nitrogens with zero attached hydrogens (tertiary/aromatic N) is 4. The van der Waals surface area contributed by atoms with Crippen LogP contribution in [0, 0.1) is 13.8 Å². The highest BCUT2D eigenvalue weighted by atomic mass is 16.6. The molecule has 0 unspecified atom stereocenters. The maximum absolute atomic E-state index is 13.2. The van der Waals surface area contributed by atoms with Crippen LogP contribution in [0.25, 0.3) is 16.5 Å². The van der Waals surface area contributed by atoms with Crippen LogP contribution < -0.4 is 20.7 Å². The normalized spacial score (nSPS) is 14.5. The van der Waals surface area contributed by atoms with Crippen molar-refractivity contribution >= 4 is 46.1 Å². The molecule has 1 saturated heterocycles. The summed E-state index contributed by atoms with van der Waals surface area (Å²) in [5.74, 6) is 1.03. The molecule has 0 aliphatic carbocycles. The third-order valence-electron chi connectivity index (χ3n) is 8.01. The molecule has 3 aromatic carbocycles. The monoisotopic (exact) mass is 691 g/mol. The minimum Gasteiger partial charge on any atom is -0.488 e. The number of aryl methyl sites for hydroxylation is 2. The van der Waals surface area contributed by atoms with Gasteiger partial charge in [-0.25, -0.2) is 19.3 Å². The Bertz CT molecular complexity index is 2050. The van der Waals surface area contributed by atoms with Crippen LogP contribution >= 0.6 is 0 Å². The minimum atomic E-state index is -0.865. The van der Waals surface area contributed by atoms with Crippen molar-refractivity contribution in [3.05, 3.63) is 102 Å². The van der Waals surface area contributed by atoms with Crippen LogP contribution in [0.1, 0.15) is 37.6 Å². The number of aromatic nitrogens is 3. The van der Waals surface area contributed by atoms with E-state index in [9.17, 15) is 14.4 Å². The van der Waals surface area contributed by atoms with E-state index in [4.69, 9.17) is 14.2 Å². The fraction of sp³-hybridized carbons (Fsp3) is 0.289. The summed E-state index contributed by atoms with van der Waals surface area (Å²) in [6, 6.07) is 23.1. The summed E-state index contributed by atoms with van der Waals surface area (Å²) < 4.78 is 18.9. The molecule has 51 heavy (non-hydrogen) atoms. The largest absolute Gasteiger partial charge is 0.488 e. The van der Waals surface area contributed by atoms with E-state index in [0.717, 1.165) is 33.3 Å². The highest BCUT2D eigenvalue weighted by Crippen LogP contribution is 2.32. The summed E-state index contributed by atoms with van der Waals surface area (Å²) in [6.07, 6.45) is 1.00. The SMILES string of the molecule is Cc1ccc(-n2nc(C)cc2NC(=O)Nc2ccc(OCc3ccnc(NC(=O)[C@@H]4COCCN4C(=O)OC(C)(C)C)c3)c3ccccc23)cc1. The first-order chi connectivity index (χ1) is 24.4. The van der Waals surface area contributed by atoms with Gasteiger partial charge in [-0.15, -0.1) is 0 Å². The van der Waals surface area contributed by atoms with E-state index >= 15 is 0 Å². The molecule has 2 aromatic heterocycles. The van der Waals surface area contributed by atoms with Crippen LogP contribution in [0.3, 0.4) is 0 Å². The molecular weight excluding hydrogens is 650 g/mol. The molecule has 0 bridgehead atoms. The van der Waals surface area contributed by atoms with E-state index in [-0.39, 0.29) is 19.8 Å². The Hall–Kier alpha value is -5.95. The lowest BCUT2D eigenvalue weighted by Crippen LogP contribution is -2.55. The van der Waals surface area contributed by atoms with Gasteiger partial charge in [0.25, 0.3) is 5.91 Å². The van der Waals surface area contributed by atoms with Gasteiger partial charge in [-0.2, -0.15) is 5.10 Å². The number of hydrogen-bond donors (Lipinski definition) is 3. The third-order valence-corrected chi connectivity index (χ3v) is 8.01. The summed E-state index contributed by atoms with van der Waals surface area (Å²) in [4.78, 5) is 44.9. The van der Waals surface area contributed by atoms with Gasteiger partial charge in [0.2, 0.25) is 0 Å². The second-order valence-electron chi connectivity index (χ2n) is 13.2. The second kappa shape index (κ2) is 14.9. The Morgan fingerprint density at radius 1 is 0.922 bits per heavy atom. The molecule has 1 aliphatic heterocycles. The lowest BCUT2D eigenvalue weighted by molar-refractivity contribution is -0.127. The number of ether oxygens (including phenoxy) is 3. The van der Waals surface area contributed by atoms with Crippen LogP contribution in [-0.2, 0) is 20.9 Å². The summed E-state index contributed by atoms with van der Waals surface area (Å²) >= 11 is 0. The molecule has 1 atom stereocenters. The van der Waals surface area contributed by atoms with E-state index in [1.165, 1.54) is 4.90 Å². The van der Waals surface area contributed by atoms with Crippen molar-refractivity contribution in [3.8, 4) is 11.4 Å². The molecule has 13 heteroatoms. The van der Waals surface area contributed by atoms with Crippen LogP contribution in [0.5, 0.6) is 5.75 Å². The number of urea groups is 1. The highest BCUT2D eigenvalue weighted by Gasteiger charge is 2.35. The van der Waals surface area contributed by atoms with Crippen molar-refractivity contribution in [2.45, 2.75) is 52.9 Å². The number of nitrogens with one attached hydrogen (secondary N) is 3. The average Bonchev–Trinajstić information content (AvgIpc) is 3.46. The van der Waals surface area contributed by atoms with Crippen molar-refractivity contribution in [3.63, 3.8) is 0 Å². The summed E-state index contributed by atoms with van der Waals surface area (Å²) in [5.41, 5.74) is 3.40. The van der Waals surface area contributed by atoms with Crippen molar-refractivity contribution in [1.29, 1.82) is 0 Å². The maximum atomic E-state index is 13.2. The van der Waals surface area contributed by atoms with Gasteiger partial charge in [0.05, 0.1) is 30.3 Å². The number of fused-ring (bicyclic) bond motifs is 1. The number of anilines is 3. The number of amides is 4. The van der Waals surface area contributed by atoms with Gasteiger partial charge in [0, 0.05) is 29.6 Å². The van der Waals surface area contributed by atoms with Gasteiger partial charge in [0.1, 0.15) is 35.6 Å². The van der Waals surface area contributed by atoms with Gasteiger partial charge < -0.3 is 24.8 Å². The smallest absolute Gasteiger partial charge is 0.411 e. The quantitative estimate of drug-likeness (QED) is 0.160. The first-order valence-corrected chi connectivity index (χ1v) is 16.6. The molecule has 0 saturated carbocycles. The summed E-state index contributed by atoms with van der Waals surface area (Å²) in [6.45, 7) is 9.99. The van der Waals surface area contributed by atoms with Gasteiger partial charge in [0.15, 0.2) is 0 Å². The fourth-order valence-electron chi connectivity index (χ4n) is 5.61. The number of hydrogen-bond acceptors (Lipinski definition) is 8. The Labute approximate surface area is 295 Å². The van der Waals surface area contributed by atoms with Crippen LogP contribution in [-0.4, -0.2) is 69.1 Å². The standard InChI is InChI=1S/C38H41N7O6/c1-24-10-12-27(13-11-24)45-34(20-25(2)43-45)42-36(47)40-30-14-15-32(29-9-7-6-8-28(29)30)50-22-26-16-17-39-33(21-26)41-35(46)31-23-49-19-18-44(31)37(48)51-38(3,4)5/h6-17,20-21,31H,18-19,22-23H2,1-5H3,(H,39,41,46)(H2,40,42,47)/t31-/m0/s1. The average molecular weight is 692 g/mol. The van der Waals surface area contributed by atoms with Crippen LogP contribution in [0.4, 0.5) is 26.9 Å². The zero-order chi connectivity index (χ0) is 36.1. The number of rotatable bonds is 8.